The summed E-state index contributed by atoms with van der Waals surface area (Å²) in [6.07, 6.45) is 1.41. The van der Waals surface area contributed by atoms with E-state index in [1.807, 2.05) is 56.3 Å². The predicted molar refractivity (Wildman–Crippen MR) is 162 cm³/mol. The van der Waals surface area contributed by atoms with Crippen molar-refractivity contribution in [3.63, 3.8) is 0 Å². The number of hydrogen-bond donors (Lipinski definition) is 2. The molecular formula is C31H33Cl2N5O2. The van der Waals surface area contributed by atoms with Crippen molar-refractivity contribution in [3.05, 3.63) is 82.3 Å². The monoisotopic (exact) mass is 577 g/mol. The van der Waals surface area contributed by atoms with Gasteiger partial charge < -0.3 is 10.6 Å². The molecule has 0 spiro atoms. The number of nitriles is 1. The molecule has 1 saturated heterocycles. The van der Waals surface area contributed by atoms with Crippen molar-refractivity contribution in [1.29, 1.82) is 5.26 Å². The summed E-state index contributed by atoms with van der Waals surface area (Å²) in [5.41, 5.74) is 3.70. The van der Waals surface area contributed by atoms with Gasteiger partial charge in [-0.15, -0.1) is 0 Å². The summed E-state index contributed by atoms with van der Waals surface area (Å²) in [4.78, 5) is 29.7. The molecule has 0 aliphatic carbocycles. The SMILES string of the molecule is CC(C)CC(=O)N[C@@H]1CCN(CCN(C(=O)Nc2cc(Cl)cc(Cl)c2)c2ccc(-c3cccc(C#N)c3)cc2)C1. The van der Waals surface area contributed by atoms with Crippen molar-refractivity contribution in [2.75, 3.05) is 36.4 Å². The number of nitrogens with one attached hydrogen (secondary N) is 2. The Labute approximate surface area is 245 Å². The van der Waals surface area contributed by atoms with Crippen molar-refractivity contribution in [2.45, 2.75) is 32.7 Å². The van der Waals surface area contributed by atoms with Gasteiger partial charge >= 0.3 is 6.03 Å². The van der Waals surface area contributed by atoms with Crippen molar-refractivity contribution < 1.29 is 9.59 Å². The van der Waals surface area contributed by atoms with E-state index in [1.54, 1.807) is 29.2 Å². The zero-order valence-electron chi connectivity index (χ0n) is 22.7. The lowest BCUT2D eigenvalue weighted by molar-refractivity contribution is -0.122. The first-order chi connectivity index (χ1) is 19.2. The maximum absolute atomic E-state index is 13.5. The van der Waals surface area contributed by atoms with Crippen molar-refractivity contribution in [1.82, 2.24) is 10.2 Å². The molecule has 3 aromatic rings. The molecular weight excluding hydrogens is 545 g/mol. The molecule has 1 aliphatic heterocycles. The van der Waals surface area contributed by atoms with E-state index in [2.05, 4.69) is 21.6 Å². The van der Waals surface area contributed by atoms with Gasteiger partial charge in [-0.1, -0.05) is 61.3 Å². The van der Waals surface area contributed by atoms with Crippen LogP contribution in [0, 0.1) is 17.2 Å². The lowest BCUT2D eigenvalue weighted by Gasteiger charge is -2.26. The highest BCUT2D eigenvalue weighted by molar-refractivity contribution is 6.35. The number of benzene rings is 3. The van der Waals surface area contributed by atoms with Crippen LogP contribution in [0.2, 0.25) is 10.0 Å². The highest BCUT2D eigenvalue weighted by atomic mass is 35.5. The molecule has 2 N–H and O–H groups in total. The third-order valence-electron chi connectivity index (χ3n) is 6.73. The highest BCUT2D eigenvalue weighted by Crippen LogP contribution is 2.26. The van der Waals surface area contributed by atoms with Gasteiger partial charge in [-0.2, -0.15) is 5.26 Å². The summed E-state index contributed by atoms with van der Waals surface area (Å²) in [5.74, 6) is 0.407. The van der Waals surface area contributed by atoms with Gasteiger partial charge in [0.1, 0.15) is 0 Å². The molecule has 1 aliphatic rings. The van der Waals surface area contributed by atoms with Gasteiger partial charge in [0.15, 0.2) is 0 Å². The zero-order chi connectivity index (χ0) is 28.6. The van der Waals surface area contributed by atoms with Gasteiger partial charge in [0.2, 0.25) is 5.91 Å². The lowest BCUT2D eigenvalue weighted by Crippen LogP contribution is -2.42. The number of likely N-dealkylation sites (tertiary alicyclic amines) is 1. The summed E-state index contributed by atoms with van der Waals surface area (Å²) < 4.78 is 0. The van der Waals surface area contributed by atoms with Gasteiger partial charge in [0, 0.05) is 60.1 Å². The van der Waals surface area contributed by atoms with E-state index in [1.165, 1.54) is 0 Å². The van der Waals surface area contributed by atoms with E-state index < -0.39 is 0 Å². The topological polar surface area (TPSA) is 88.5 Å². The Balaban J connectivity index is 1.48. The fourth-order valence-corrected chi connectivity index (χ4v) is 5.35. The van der Waals surface area contributed by atoms with Crippen LogP contribution in [0.1, 0.15) is 32.3 Å². The number of halogens is 2. The first kappa shape index (κ1) is 29.4. The molecule has 208 valence electrons. The number of carbonyl (C=O) groups excluding carboxylic acids is 2. The number of rotatable bonds is 9. The third-order valence-corrected chi connectivity index (χ3v) is 7.17. The molecule has 1 fully saturated rings. The molecule has 0 bridgehead atoms. The Morgan fingerprint density at radius 2 is 1.77 bits per heavy atom. The van der Waals surface area contributed by atoms with E-state index in [0.29, 0.717) is 46.7 Å². The highest BCUT2D eigenvalue weighted by Gasteiger charge is 2.25. The Morgan fingerprint density at radius 3 is 2.45 bits per heavy atom. The van der Waals surface area contributed by atoms with Gasteiger partial charge in [-0.25, -0.2) is 4.79 Å². The third kappa shape index (κ3) is 8.22. The molecule has 0 radical (unpaired) electrons. The molecule has 3 aromatic carbocycles. The van der Waals surface area contributed by atoms with E-state index >= 15 is 0 Å². The standard InChI is InChI=1S/C31H33Cl2N5O2/c1-21(2)14-30(39)35-27-10-11-37(20-27)12-13-38(31(40)36-28-17-25(32)16-26(33)18-28)29-8-6-23(7-9-29)24-5-3-4-22(15-24)19-34/h3-9,15-18,21,27H,10-14,20H2,1-2H3,(H,35,39)(H,36,40)/t27-/m1/s1. The lowest BCUT2D eigenvalue weighted by atomic mass is 10.0. The second kappa shape index (κ2) is 13.7. The van der Waals surface area contributed by atoms with Crippen LogP contribution in [-0.4, -0.2) is 49.1 Å². The number of carbonyl (C=O) groups is 2. The average molecular weight is 579 g/mol. The molecule has 9 heteroatoms. The molecule has 4 rings (SSSR count). The summed E-state index contributed by atoms with van der Waals surface area (Å²) in [6.45, 7) is 6.75. The number of nitrogens with zero attached hydrogens (tertiary/aromatic N) is 3. The summed E-state index contributed by atoms with van der Waals surface area (Å²) in [6, 6.07) is 22.0. The van der Waals surface area contributed by atoms with Crippen molar-refractivity contribution in [2.24, 2.45) is 5.92 Å². The van der Waals surface area contributed by atoms with Crippen LogP contribution in [-0.2, 0) is 4.79 Å². The van der Waals surface area contributed by atoms with Crippen LogP contribution in [0.5, 0.6) is 0 Å². The molecule has 40 heavy (non-hydrogen) atoms. The van der Waals surface area contributed by atoms with E-state index in [-0.39, 0.29) is 18.0 Å². The Hall–Kier alpha value is -3.57. The average Bonchev–Trinajstić information content (AvgIpc) is 3.35. The van der Waals surface area contributed by atoms with Crippen LogP contribution >= 0.6 is 23.2 Å². The Bertz CT molecular complexity index is 1370. The second-order valence-corrected chi connectivity index (χ2v) is 11.3. The first-order valence-electron chi connectivity index (χ1n) is 13.4. The molecule has 3 amide bonds. The van der Waals surface area contributed by atoms with E-state index in [4.69, 9.17) is 23.2 Å². The minimum Gasteiger partial charge on any atom is -0.352 e. The van der Waals surface area contributed by atoms with E-state index in [0.717, 1.165) is 36.3 Å². The fourth-order valence-electron chi connectivity index (χ4n) is 4.82. The largest absolute Gasteiger partial charge is 0.352 e. The molecule has 0 aromatic heterocycles. The zero-order valence-corrected chi connectivity index (χ0v) is 24.2. The van der Waals surface area contributed by atoms with Crippen LogP contribution in [0.4, 0.5) is 16.2 Å². The van der Waals surface area contributed by atoms with Crippen molar-refractivity contribution in [3.8, 4) is 17.2 Å². The number of hydrogen-bond acceptors (Lipinski definition) is 4. The van der Waals surface area contributed by atoms with Crippen LogP contribution < -0.4 is 15.5 Å². The van der Waals surface area contributed by atoms with Gasteiger partial charge in [-0.3, -0.25) is 14.6 Å². The number of amides is 3. The number of urea groups is 1. The van der Waals surface area contributed by atoms with Crippen molar-refractivity contribution >= 4 is 46.5 Å². The Kier molecular flexibility index (Phi) is 10.1. The Morgan fingerprint density at radius 1 is 1.05 bits per heavy atom. The van der Waals surface area contributed by atoms with Crippen LogP contribution in [0.15, 0.2) is 66.7 Å². The molecule has 1 heterocycles. The maximum Gasteiger partial charge on any atom is 0.326 e. The molecule has 0 saturated carbocycles. The first-order valence-corrected chi connectivity index (χ1v) is 14.1. The van der Waals surface area contributed by atoms with E-state index in [9.17, 15) is 14.9 Å². The minimum absolute atomic E-state index is 0.0865. The molecule has 0 unspecified atom stereocenters. The van der Waals surface area contributed by atoms with Gasteiger partial charge in [0.25, 0.3) is 0 Å². The molecule has 1 atom stereocenters. The summed E-state index contributed by atoms with van der Waals surface area (Å²) in [7, 11) is 0. The quantitative estimate of drug-likeness (QED) is 0.292. The van der Waals surface area contributed by atoms with Crippen LogP contribution in [0.25, 0.3) is 11.1 Å². The summed E-state index contributed by atoms with van der Waals surface area (Å²) >= 11 is 12.3. The maximum atomic E-state index is 13.5. The van der Waals surface area contributed by atoms with Crippen LogP contribution in [0.3, 0.4) is 0 Å². The fraction of sp³-hybridized carbons (Fsp3) is 0.323. The number of anilines is 2. The second-order valence-electron chi connectivity index (χ2n) is 10.4. The summed E-state index contributed by atoms with van der Waals surface area (Å²) in [5, 5.41) is 16.2. The molecule has 7 nitrogen and oxygen atoms in total. The van der Waals surface area contributed by atoms with Gasteiger partial charge in [-0.05, 0) is 65.9 Å². The van der Waals surface area contributed by atoms with Gasteiger partial charge in [0.05, 0.1) is 11.6 Å². The normalized spacial score (nSPS) is 15.1. The minimum atomic E-state index is -0.307. The predicted octanol–water partition coefficient (Wildman–Crippen LogP) is 6.81. The smallest absolute Gasteiger partial charge is 0.326 e.